The number of carbonyl (C=O) groups excluding carboxylic acids is 1. The fourth-order valence-corrected chi connectivity index (χ4v) is 5.42. The highest BCUT2D eigenvalue weighted by molar-refractivity contribution is 6.31. The van der Waals surface area contributed by atoms with E-state index in [0.29, 0.717) is 69.7 Å². The molecule has 0 bridgehead atoms. The molecular weight excluding hydrogens is 636 g/mol. The molecule has 1 amide bonds. The lowest BCUT2D eigenvalue weighted by Crippen LogP contribution is -2.38. The molecular formula is C37H39ClN2O8. The highest BCUT2D eigenvalue weighted by Gasteiger charge is 2.25. The molecule has 1 aliphatic heterocycles. The maximum atomic E-state index is 12.7. The van der Waals surface area contributed by atoms with Gasteiger partial charge in [-0.15, -0.1) is 0 Å². The molecule has 0 spiro atoms. The Bertz CT molecular complexity index is 1750. The summed E-state index contributed by atoms with van der Waals surface area (Å²) < 4.78 is 39.6. The van der Waals surface area contributed by atoms with Crippen molar-refractivity contribution in [3.8, 4) is 40.2 Å². The van der Waals surface area contributed by atoms with Crippen molar-refractivity contribution in [1.82, 2.24) is 5.32 Å². The summed E-state index contributed by atoms with van der Waals surface area (Å²) >= 11 is 6.06. The van der Waals surface area contributed by atoms with E-state index in [1.165, 1.54) is 0 Å². The van der Waals surface area contributed by atoms with Gasteiger partial charge in [-0.05, 0) is 84.1 Å². The average Bonchev–Trinajstić information content (AvgIpc) is 3.11. The zero-order valence-corrected chi connectivity index (χ0v) is 28.3. The van der Waals surface area contributed by atoms with Crippen molar-refractivity contribution < 1.29 is 38.0 Å². The number of halogens is 1. The number of fused-ring (bicyclic) bond motifs is 1. The molecule has 48 heavy (non-hydrogen) atoms. The van der Waals surface area contributed by atoms with Crippen molar-refractivity contribution in [3.63, 3.8) is 0 Å². The first-order valence-corrected chi connectivity index (χ1v) is 15.7. The Morgan fingerprint density at radius 1 is 0.625 bits per heavy atom. The van der Waals surface area contributed by atoms with Crippen molar-refractivity contribution >= 4 is 35.3 Å². The third-order valence-corrected chi connectivity index (χ3v) is 7.95. The standard InChI is InChI=1S/C37H39ClN2O8/c1-42-29-14-10-23(8-9-24-19-33(44-3)35(46-5)34(20-24)45-4)18-32(29)48-17-7-6-16-47-30-15-11-25(21-31(30)43-2)36-39-28-13-12-26(38)22-27(28)37(41)40-36/h8-15,18-22,36,39H,6-7,16-17H2,1-5H3,(H,40,41)/b9-8-. The van der Waals surface area contributed by atoms with Gasteiger partial charge in [-0.2, -0.15) is 0 Å². The summed E-state index contributed by atoms with van der Waals surface area (Å²) in [6.45, 7) is 0.954. The van der Waals surface area contributed by atoms with Crippen LogP contribution in [0, 0.1) is 0 Å². The molecule has 252 valence electrons. The van der Waals surface area contributed by atoms with E-state index in [9.17, 15) is 4.79 Å². The summed E-state index contributed by atoms with van der Waals surface area (Å²) in [6, 6.07) is 20.3. The molecule has 1 aliphatic rings. The Morgan fingerprint density at radius 2 is 1.25 bits per heavy atom. The second-order valence-electron chi connectivity index (χ2n) is 10.8. The van der Waals surface area contributed by atoms with Crippen LogP contribution in [-0.4, -0.2) is 54.7 Å². The molecule has 0 aliphatic carbocycles. The van der Waals surface area contributed by atoms with Crippen LogP contribution in [0.5, 0.6) is 40.2 Å². The minimum atomic E-state index is -0.424. The van der Waals surface area contributed by atoms with E-state index in [1.54, 1.807) is 53.7 Å². The van der Waals surface area contributed by atoms with E-state index in [1.807, 2.05) is 60.7 Å². The van der Waals surface area contributed by atoms with Crippen LogP contribution in [0.1, 0.15) is 46.1 Å². The van der Waals surface area contributed by atoms with Gasteiger partial charge in [0.15, 0.2) is 34.5 Å². The Morgan fingerprint density at radius 3 is 1.92 bits per heavy atom. The molecule has 4 aromatic rings. The van der Waals surface area contributed by atoms with Gasteiger partial charge in [-0.25, -0.2) is 0 Å². The van der Waals surface area contributed by atoms with Crippen molar-refractivity contribution in [2.24, 2.45) is 0 Å². The van der Waals surface area contributed by atoms with Crippen molar-refractivity contribution in [2.45, 2.75) is 19.0 Å². The van der Waals surface area contributed by atoms with Crippen molar-refractivity contribution in [2.75, 3.05) is 54.1 Å². The molecule has 10 nitrogen and oxygen atoms in total. The van der Waals surface area contributed by atoms with Gasteiger partial charge in [-0.1, -0.05) is 35.9 Å². The Kier molecular flexibility index (Phi) is 11.4. The van der Waals surface area contributed by atoms with E-state index in [2.05, 4.69) is 10.6 Å². The van der Waals surface area contributed by atoms with Crippen LogP contribution < -0.4 is 43.8 Å². The molecule has 0 radical (unpaired) electrons. The van der Waals surface area contributed by atoms with Crippen LogP contribution in [0.2, 0.25) is 5.02 Å². The molecule has 11 heteroatoms. The second-order valence-corrected chi connectivity index (χ2v) is 11.2. The topological polar surface area (TPSA) is 106 Å². The van der Waals surface area contributed by atoms with Crippen LogP contribution in [-0.2, 0) is 0 Å². The van der Waals surface area contributed by atoms with Gasteiger partial charge in [0.25, 0.3) is 5.91 Å². The Balaban J connectivity index is 1.14. The van der Waals surface area contributed by atoms with Crippen molar-refractivity contribution in [3.05, 3.63) is 94.0 Å². The van der Waals surface area contributed by atoms with Gasteiger partial charge >= 0.3 is 0 Å². The van der Waals surface area contributed by atoms with E-state index >= 15 is 0 Å². The maximum Gasteiger partial charge on any atom is 0.255 e. The molecule has 0 saturated carbocycles. The highest BCUT2D eigenvalue weighted by Crippen LogP contribution is 2.39. The summed E-state index contributed by atoms with van der Waals surface area (Å²) in [5.41, 5.74) is 3.88. The Labute approximate surface area is 285 Å². The van der Waals surface area contributed by atoms with Gasteiger partial charge in [0, 0.05) is 10.7 Å². The quantitative estimate of drug-likeness (QED) is 0.0972. The van der Waals surface area contributed by atoms with Gasteiger partial charge < -0.3 is 43.8 Å². The number of amides is 1. The molecule has 5 rings (SSSR count). The fourth-order valence-electron chi connectivity index (χ4n) is 5.25. The van der Waals surface area contributed by atoms with Crippen LogP contribution in [0.25, 0.3) is 12.2 Å². The number of methoxy groups -OCH3 is 5. The first-order chi connectivity index (χ1) is 23.4. The fraction of sp³-hybridized carbons (Fsp3) is 0.270. The molecule has 2 N–H and O–H groups in total. The highest BCUT2D eigenvalue weighted by atomic mass is 35.5. The summed E-state index contributed by atoms with van der Waals surface area (Å²) in [5, 5.41) is 6.80. The lowest BCUT2D eigenvalue weighted by atomic mass is 10.1. The number of unbranched alkanes of at least 4 members (excludes halogenated alkanes) is 1. The van der Waals surface area contributed by atoms with Crippen LogP contribution in [0.15, 0.2) is 66.7 Å². The predicted molar refractivity (Wildman–Crippen MR) is 187 cm³/mol. The monoisotopic (exact) mass is 674 g/mol. The number of anilines is 1. The second kappa shape index (κ2) is 16.1. The third-order valence-electron chi connectivity index (χ3n) is 7.72. The van der Waals surface area contributed by atoms with Crippen LogP contribution in [0.3, 0.4) is 0 Å². The first-order valence-electron chi connectivity index (χ1n) is 15.3. The normalized spacial score (nSPS) is 13.6. The Hall–Kier alpha value is -5.22. The largest absolute Gasteiger partial charge is 0.493 e. The molecule has 0 aromatic heterocycles. The van der Waals surface area contributed by atoms with Gasteiger partial charge in [0.1, 0.15) is 6.17 Å². The van der Waals surface area contributed by atoms with Gasteiger partial charge in [0.2, 0.25) is 5.75 Å². The van der Waals surface area contributed by atoms with E-state index < -0.39 is 6.17 Å². The minimum Gasteiger partial charge on any atom is -0.493 e. The lowest BCUT2D eigenvalue weighted by Gasteiger charge is -2.28. The maximum absolute atomic E-state index is 12.7. The number of rotatable bonds is 15. The number of nitrogens with one attached hydrogen (secondary N) is 2. The molecule has 4 aromatic carbocycles. The number of hydrogen-bond acceptors (Lipinski definition) is 9. The summed E-state index contributed by atoms with van der Waals surface area (Å²) in [7, 11) is 7.97. The summed E-state index contributed by atoms with van der Waals surface area (Å²) in [6.07, 6.45) is 5.04. The molecule has 0 fully saturated rings. The number of hydrogen-bond donors (Lipinski definition) is 2. The zero-order valence-electron chi connectivity index (χ0n) is 27.6. The number of ether oxygens (including phenoxy) is 7. The predicted octanol–water partition coefficient (Wildman–Crippen LogP) is 7.65. The van der Waals surface area contributed by atoms with Crippen molar-refractivity contribution in [1.29, 1.82) is 0 Å². The third kappa shape index (κ3) is 8.01. The van der Waals surface area contributed by atoms with Crippen LogP contribution >= 0.6 is 11.6 Å². The molecule has 1 heterocycles. The smallest absolute Gasteiger partial charge is 0.255 e. The van der Waals surface area contributed by atoms with Gasteiger partial charge in [0.05, 0.1) is 54.3 Å². The van der Waals surface area contributed by atoms with Gasteiger partial charge in [-0.3, -0.25) is 4.79 Å². The SMILES string of the molecule is COc1cc(C2NC(=O)c3cc(Cl)ccc3N2)ccc1OCCCCOc1cc(/C=C\c2cc(OC)c(OC)c(OC)c2)ccc1OC. The van der Waals surface area contributed by atoms with Crippen LogP contribution in [0.4, 0.5) is 5.69 Å². The molecule has 1 atom stereocenters. The molecule has 1 unspecified atom stereocenters. The van der Waals surface area contributed by atoms with E-state index in [0.717, 1.165) is 29.5 Å². The number of benzene rings is 4. The lowest BCUT2D eigenvalue weighted by molar-refractivity contribution is 0.0935. The average molecular weight is 675 g/mol. The van der Waals surface area contributed by atoms with E-state index in [-0.39, 0.29) is 5.91 Å². The summed E-state index contributed by atoms with van der Waals surface area (Å²) in [4.78, 5) is 12.7. The minimum absolute atomic E-state index is 0.200. The first kappa shape index (κ1) is 34.1. The molecule has 0 saturated heterocycles. The van der Waals surface area contributed by atoms with E-state index in [4.69, 9.17) is 44.8 Å². The number of carbonyl (C=O) groups is 1. The summed E-state index contributed by atoms with van der Waals surface area (Å²) in [5.74, 6) is 4.00. The zero-order chi connectivity index (χ0) is 34.0.